The second-order valence-electron chi connectivity index (χ2n) is 6.47. The maximum Gasteiger partial charge on any atom is 0.358 e. The third-order valence-electron chi connectivity index (χ3n) is 4.50. The van der Waals surface area contributed by atoms with Gasteiger partial charge in [0.25, 0.3) is 3.79 Å². The van der Waals surface area contributed by atoms with Crippen molar-refractivity contribution in [1.82, 2.24) is 0 Å². The van der Waals surface area contributed by atoms with E-state index < -0.39 is 84.4 Å². The predicted molar refractivity (Wildman–Crippen MR) is 92.8 cm³/mol. The Morgan fingerprint density at radius 3 is 2.07 bits per heavy atom. The maximum atomic E-state index is 11.5. The van der Waals surface area contributed by atoms with Crippen molar-refractivity contribution >= 4 is 40.8 Å². The number of carbonyl (C=O) groups is 1. The van der Waals surface area contributed by atoms with Gasteiger partial charge in [0.2, 0.25) is 5.79 Å². The van der Waals surface area contributed by atoms with Crippen LogP contribution in [-0.4, -0.2) is 120 Å². The molecule has 0 unspecified atom stereocenters. The van der Waals surface area contributed by atoms with Crippen molar-refractivity contribution in [3.05, 3.63) is 0 Å². The number of aliphatic hydroxyl groups excluding tert-OH is 7. The second kappa shape index (κ2) is 9.61. The molecule has 0 aliphatic carbocycles. The quantitative estimate of drug-likeness (QED) is 0.145. The molecule has 29 heavy (non-hydrogen) atoms. The smallest absolute Gasteiger partial charge is 0.358 e. The van der Waals surface area contributed by atoms with E-state index in [-0.39, 0.29) is 0 Å². The van der Waals surface area contributed by atoms with Gasteiger partial charge in [-0.15, -0.1) is 0 Å². The Bertz CT molecular complexity index is 577. The van der Waals surface area contributed by atoms with E-state index >= 15 is 0 Å². The average Bonchev–Trinajstić information content (AvgIpc) is 2.91. The van der Waals surface area contributed by atoms with Gasteiger partial charge in [-0.1, -0.05) is 34.8 Å². The molecule has 2 heterocycles. The van der Waals surface area contributed by atoms with Gasteiger partial charge in [-0.2, -0.15) is 0 Å². The lowest BCUT2D eigenvalue weighted by molar-refractivity contribution is -0.383. The Morgan fingerprint density at radius 1 is 0.966 bits per heavy atom. The molecule has 0 saturated carbocycles. The van der Waals surface area contributed by atoms with Crippen LogP contribution in [-0.2, 0) is 23.7 Å². The summed E-state index contributed by atoms with van der Waals surface area (Å²) in [5.41, 5.74) is 0. The van der Waals surface area contributed by atoms with Gasteiger partial charge >= 0.3 is 5.97 Å². The summed E-state index contributed by atoms with van der Waals surface area (Å²) in [7, 11) is 0. The first kappa shape index (κ1) is 25.2. The standard InChI is InChI=1S/C14H21Cl3O12/c15-14(16,17)12(25)26-2-5-6(20)8(22)9(23)11(27-5)29-13(3-19)10(24)7(21)4(1-18)28-13/h4-11,18-24H,1-3H2/t4-,5-,6-,7-,8+,9-,10+,11-,13+/m1/s1. The molecule has 0 radical (unpaired) electrons. The Balaban J connectivity index is 2.14. The predicted octanol–water partition coefficient (Wildman–Crippen LogP) is -3.47. The van der Waals surface area contributed by atoms with Crippen LogP contribution in [0.1, 0.15) is 0 Å². The first-order valence-electron chi connectivity index (χ1n) is 8.25. The van der Waals surface area contributed by atoms with E-state index in [1.54, 1.807) is 0 Å². The van der Waals surface area contributed by atoms with Gasteiger partial charge < -0.3 is 54.7 Å². The fourth-order valence-corrected chi connectivity index (χ4v) is 3.02. The molecule has 0 aromatic heterocycles. The number of alkyl halides is 3. The zero-order chi connectivity index (χ0) is 22.1. The lowest BCUT2D eigenvalue weighted by atomic mass is 9.99. The van der Waals surface area contributed by atoms with Gasteiger partial charge in [-0.3, -0.25) is 0 Å². The van der Waals surface area contributed by atoms with Gasteiger partial charge in [0.05, 0.1) is 6.61 Å². The molecule has 12 nitrogen and oxygen atoms in total. The van der Waals surface area contributed by atoms with Gasteiger partial charge in [0.15, 0.2) is 6.29 Å². The molecular formula is C14H21Cl3O12. The molecule has 170 valence electrons. The van der Waals surface area contributed by atoms with Crippen molar-refractivity contribution in [1.29, 1.82) is 0 Å². The fraction of sp³-hybridized carbons (Fsp3) is 0.929. The Morgan fingerprint density at radius 2 is 1.59 bits per heavy atom. The number of hydrogen-bond donors (Lipinski definition) is 7. The maximum absolute atomic E-state index is 11.5. The van der Waals surface area contributed by atoms with E-state index in [1.807, 2.05) is 0 Å². The first-order chi connectivity index (χ1) is 13.4. The van der Waals surface area contributed by atoms with Crippen LogP contribution < -0.4 is 0 Å². The highest BCUT2D eigenvalue weighted by atomic mass is 35.6. The second-order valence-corrected chi connectivity index (χ2v) is 8.75. The molecule has 15 heteroatoms. The van der Waals surface area contributed by atoms with Gasteiger partial charge in [0.1, 0.15) is 55.9 Å². The molecule has 0 spiro atoms. The van der Waals surface area contributed by atoms with Crippen LogP contribution in [0.25, 0.3) is 0 Å². The van der Waals surface area contributed by atoms with E-state index in [0.717, 1.165) is 0 Å². The molecule has 0 amide bonds. The molecule has 0 bridgehead atoms. The zero-order valence-electron chi connectivity index (χ0n) is 14.5. The lowest BCUT2D eigenvalue weighted by Crippen LogP contribution is -2.63. The number of aliphatic hydroxyl groups is 7. The molecule has 0 aromatic carbocycles. The van der Waals surface area contributed by atoms with Crippen LogP contribution in [0.3, 0.4) is 0 Å². The number of carbonyl (C=O) groups excluding carboxylic acids is 1. The number of halogens is 3. The molecular weight excluding hydrogens is 467 g/mol. The largest absolute Gasteiger partial charge is 0.460 e. The van der Waals surface area contributed by atoms with E-state index in [4.69, 9.17) is 49.0 Å². The van der Waals surface area contributed by atoms with Gasteiger partial charge in [-0.05, 0) is 0 Å². The summed E-state index contributed by atoms with van der Waals surface area (Å²) >= 11 is 16.0. The molecule has 9 atom stereocenters. The number of ether oxygens (including phenoxy) is 4. The monoisotopic (exact) mass is 486 g/mol. The minimum atomic E-state index is -2.41. The summed E-state index contributed by atoms with van der Waals surface area (Å²) in [5.74, 6) is -3.63. The Hall–Kier alpha value is -0.0600. The minimum Gasteiger partial charge on any atom is -0.460 e. The van der Waals surface area contributed by atoms with Crippen LogP contribution in [0.2, 0.25) is 0 Å². The SMILES string of the molecule is O=C(OC[C@H]1O[C@H](O[C@]2(CO)O[C@H](CO)[C@@H](O)[C@@H]2O)[C@H](O)[C@@H](O)[C@@H]1O)C(Cl)(Cl)Cl. The van der Waals surface area contributed by atoms with Crippen molar-refractivity contribution in [3.63, 3.8) is 0 Å². The molecule has 2 fully saturated rings. The third-order valence-corrected chi connectivity index (χ3v) is 4.96. The Labute approximate surface area is 179 Å². The lowest BCUT2D eigenvalue weighted by Gasteiger charge is -2.43. The number of hydrogen-bond acceptors (Lipinski definition) is 12. The number of esters is 1. The average molecular weight is 488 g/mol. The van der Waals surface area contributed by atoms with Crippen LogP contribution in [0.5, 0.6) is 0 Å². The third kappa shape index (κ3) is 5.23. The highest BCUT2D eigenvalue weighted by molar-refractivity contribution is 6.75. The topological polar surface area (TPSA) is 196 Å². The molecule has 2 aliphatic rings. The summed E-state index contributed by atoms with van der Waals surface area (Å²) in [6.07, 6.45) is -13.7. The molecule has 2 saturated heterocycles. The molecule has 2 rings (SSSR count). The fourth-order valence-electron chi connectivity index (χ4n) is 2.86. The first-order valence-corrected chi connectivity index (χ1v) is 9.38. The molecule has 7 N–H and O–H groups in total. The van der Waals surface area contributed by atoms with Gasteiger partial charge in [-0.25, -0.2) is 4.79 Å². The van der Waals surface area contributed by atoms with Crippen LogP contribution in [0.15, 0.2) is 0 Å². The zero-order valence-corrected chi connectivity index (χ0v) is 16.8. The van der Waals surface area contributed by atoms with E-state index in [0.29, 0.717) is 0 Å². The van der Waals surface area contributed by atoms with Crippen LogP contribution in [0, 0.1) is 0 Å². The van der Waals surface area contributed by atoms with E-state index in [1.165, 1.54) is 0 Å². The van der Waals surface area contributed by atoms with Crippen LogP contribution in [0.4, 0.5) is 0 Å². The minimum absolute atomic E-state index is 0.727. The summed E-state index contributed by atoms with van der Waals surface area (Å²) in [4.78, 5) is 11.5. The Kier molecular flexibility index (Phi) is 8.35. The molecule has 0 aromatic rings. The van der Waals surface area contributed by atoms with Crippen LogP contribution >= 0.6 is 34.8 Å². The van der Waals surface area contributed by atoms with Crippen molar-refractivity contribution in [3.8, 4) is 0 Å². The summed E-state index contributed by atoms with van der Waals surface area (Å²) < 4.78 is 18.0. The summed E-state index contributed by atoms with van der Waals surface area (Å²) in [6, 6.07) is 0. The van der Waals surface area contributed by atoms with Crippen molar-refractivity contribution < 1.29 is 59.5 Å². The summed E-state index contributed by atoms with van der Waals surface area (Å²) in [5, 5.41) is 69.0. The van der Waals surface area contributed by atoms with E-state index in [9.17, 15) is 40.5 Å². The highest BCUT2D eigenvalue weighted by Gasteiger charge is 2.58. The van der Waals surface area contributed by atoms with E-state index in [2.05, 4.69) is 4.74 Å². The highest BCUT2D eigenvalue weighted by Crippen LogP contribution is 2.36. The normalized spacial score (nSPS) is 43.4. The number of rotatable bonds is 6. The molecule has 2 aliphatic heterocycles. The van der Waals surface area contributed by atoms with Gasteiger partial charge in [0, 0.05) is 0 Å². The van der Waals surface area contributed by atoms with Crippen molar-refractivity contribution in [2.75, 3.05) is 19.8 Å². The van der Waals surface area contributed by atoms with Crippen molar-refractivity contribution in [2.24, 2.45) is 0 Å². The summed E-state index contributed by atoms with van der Waals surface area (Å²) in [6.45, 7) is -2.50. The van der Waals surface area contributed by atoms with Crippen molar-refractivity contribution in [2.45, 2.75) is 58.6 Å².